The van der Waals surface area contributed by atoms with Gasteiger partial charge in [-0.3, -0.25) is 18.8 Å². The van der Waals surface area contributed by atoms with Crippen LogP contribution in [0.15, 0.2) is 34.2 Å². The Labute approximate surface area is 174 Å². The normalized spacial score (nSPS) is 11.8. The van der Waals surface area contributed by atoms with Crippen LogP contribution in [0.1, 0.15) is 25.1 Å². The molecule has 0 spiro atoms. The van der Waals surface area contributed by atoms with E-state index in [0.29, 0.717) is 35.0 Å². The SMILES string of the molecule is CCn1c(SCC(=O)Nc2ccccc2C(F)(F)F)nc2c(C)nn(CC)c2c1=O. The fraction of sp³-hybridized carbons (Fsp3) is 0.368. The summed E-state index contributed by atoms with van der Waals surface area (Å²) in [6.07, 6.45) is -4.58. The Kier molecular flexibility index (Phi) is 6.20. The summed E-state index contributed by atoms with van der Waals surface area (Å²) in [6.45, 7) is 6.23. The number of aryl methyl sites for hydroxylation is 2. The minimum atomic E-state index is -4.58. The van der Waals surface area contributed by atoms with Crippen LogP contribution < -0.4 is 10.9 Å². The number of hydrogen-bond donors (Lipinski definition) is 1. The number of nitrogens with zero attached hydrogens (tertiary/aromatic N) is 4. The number of nitrogens with one attached hydrogen (secondary N) is 1. The highest BCUT2D eigenvalue weighted by molar-refractivity contribution is 7.99. The molecule has 0 radical (unpaired) electrons. The van der Waals surface area contributed by atoms with Gasteiger partial charge in [0.1, 0.15) is 5.52 Å². The number of thioether (sulfide) groups is 1. The fourth-order valence-electron chi connectivity index (χ4n) is 3.06. The number of anilines is 1. The first-order valence-electron chi connectivity index (χ1n) is 9.24. The highest BCUT2D eigenvalue weighted by atomic mass is 32.2. The molecule has 0 saturated heterocycles. The second kappa shape index (κ2) is 8.50. The Morgan fingerprint density at radius 3 is 2.53 bits per heavy atom. The third-order valence-corrected chi connectivity index (χ3v) is 5.41. The van der Waals surface area contributed by atoms with Crippen LogP contribution >= 0.6 is 11.8 Å². The molecule has 0 aliphatic rings. The third-order valence-electron chi connectivity index (χ3n) is 4.44. The Morgan fingerprint density at radius 2 is 1.90 bits per heavy atom. The number of rotatable bonds is 6. The first kappa shape index (κ1) is 21.9. The van der Waals surface area contributed by atoms with Crippen LogP contribution in [0, 0.1) is 6.92 Å². The smallest absolute Gasteiger partial charge is 0.325 e. The minimum Gasteiger partial charge on any atom is -0.325 e. The van der Waals surface area contributed by atoms with E-state index >= 15 is 0 Å². The number of para-hydroxylation sites is 1. The maximum atomic E-state index is 13.1. The number of carbonyl (C=O) groups is 1. The van der Waals surface area contributed by atoms with Crippen LogP contribution in [-0.4, -0.2) is 31.0 Å². The van der Waals surface area contributed by atoms with Crippen LogP contribution in [0.5, 0.6) is 0 Å². The van der Waals surface area contributed by atoms with E-state index in [9.17, 15) is 22.8 Å². The van der Waals surface area contributed by atoms with Gasteiger partial charge in [0.15, 0.2) is 10.7 Å². The number of alkyl halides is 3. The molecule has 11 heteroatoms. The Hall–Kier alpha value is -2.82. The lowest BCUT2D eigenvalue weighted by atomic mass is 10.1. The molecule has 1 amide bonds. The second-order valence-electron chi connectivity index (χ2n) is 6.42. The molecule has 3 aromatic rings. The number of aromatic nitrogens is 4. The second-order valence-corrected chi connectivity index (χ2v) is 7.36. The van der Waals surface area contributed by atoms with Gasteiger partial charge in [0.05, 0.1) is 22.7 Å². The summed E-state index contributed by atoms with van der Waals surface area (Å²) in [5, 5.41) is 6.92. The Bertz CT molecular complexity index is 1150. The molecule has 7 nitrogen and oxygen atoms in total. The summed E-state index contributed by atoms with van der Waals surface area (Å²) in [5.74, 6) is -0.833. The van der Waals surface area contributed by atoms with E-state index in [4.69, 9.17) is 0 Å². The van der Waals surface area contributed by atoms with Crippen molar-refractivity contribution in [2.75, 3.05) is 11.1 Å². The first-order valence-corrected chi connectivity index (χ1v) is 10.2. The van der Waals surface area contributed by atoms with E-state index < -0.39 is 17.6 Å². The van der Waals surface area contributed by atoms with Crippen molar-refractivity contribution in [2.45, 2.75) is 45.2 Å². The Morgan fingerprint density at radius 1 is 1.20 bits per heavy atom. The summed E-state index contributed by atoms with van der Waals surface area (Å²) < 4.78 is 42.3. The van der Waals surface area contributed by atoms with Gasteiger partial charge in [0.25, 0.3) is 5.56 Å². The van der Waals surface area contributed by atoms with Gasteiger partial charge in [-0.1, -0.05) is 23.9 Å². The maximum absolute atomic E-state index is 13.1. The van der Waals surface area contributed by atoms with Crippen molar-refractivity contribution in [3.63, 3.8) is 0 Å². The zero-order valence-electron chi connectivity index (χ0n) is 16.6. The van der Waals surface area contributed by atoms with Gasteiger partial charge in [-0.15, -0.1) is 0 Å². The Balaban J connectivity index is 1.85. The molecule has 0 bridgehead atoms. The van der Waals surface area contributed by atoms with Gasteiger partial charge in [-0.05, 0) is 32.9 Å². The number of carbonyl (C=O) groups excluding carboxylic acids is 1. The van der Waals surface area contributed by atoms with Crippen LogP contribution in [0.2, 0.25) is 0 Å². The highest BCUT2D eigenvalue weighted by Gasteiger charge is 2.33. The monoisotopic (exact) mass is 439 g/mol. The molecule has 0 saturated carbocycles. The summed E-state index contributed by atoms with van der Waals surface area (Å²) in [7, 11) is 0. The average Bonchev–Trinajstić information content (AvgIpc) is 3.02. The van der Waals surface area contributed by atoms with Gasteiger partial charge >= 0.3 is 6.18 Å². The molecule has 160 valence electrons. The molecule has 3 rings (SSSR count). The summed E-state index contributed by atoms with van der Waals surface area (Å²) in [5.41, 5.74) is -0.0579. The molecule has 2 heterocycles. The molecule has 1 N–H and O–H groups in total. The number of halogens is 3. The number of amides is 1. The largest absolute Gasteiger partial charge is 0.418 e. The zero-order valence-corrected chi connectivity index (χ0v) is 17.4. The summed E-state index contributed by atoms with van der Waals surface area (Å²) in [6, 6.07) is 4.77. The lowest BCUT2D eigenvalue weighted by Gasteiger charge is -2.14. The predicted molar refractivity (Wildman–Crippen MR) is 109 cm³/mol. The van der Waals surface area contributed by atoms with Crippen LogP contribution in [0.25, 0.3) is 11.0 Å². The molecule has 0 atom stereocenters. The van der Waals surface area contributed by atoms with E-state index in [0.717, 1.165) is 17.8 Å². The average molecular weight is 439 g/mol. The van der Waals surface area contributed by atoms with Gasteiger partial charge in [-0.2, -0.15) is 18.3 Å². The molecule has 1 aromatic carbocycles. The molecule has 30 heavy (non-hydrogen) atoms. The topological polar surface area (TPSA) is 81.8 Å². The van der Waals surface area contributed by atoms with Crippen molar-refractivity contribution >= 4 is 34.4 Å². The van der Waals surface area contributed by atoms with Gasteiger partial charge in [0.2, 0.25) is 5.91 Å². The third kappa shape index (κ3) is 4.20. The van der Waals surface area contributed by atoms with Gasteiger partial charge in [0, 0.05) is 13.1 Å². The molecular formula is C19H20F3N5O2S. The number of benzene rings is 1. The van der Waals surface area contributed by atoms with E-state index in [1.165, 1.54) is 22.8 Å². The van der Waals surface area contributed by atoms with Crippen molar-refractivity contribution in [1.82, 2.24) is 19.3 Å². The van der Waals surface area contributed by atoms with E-state index in [2.05, 4.69) is 15.4 Å². The van der Waals surface area contributed by atoms with Crippen molar-refractivity contribution in [3.8, 4) is 0 Å². The molecule has 0 unspecified atom stereocenters. The van der Waals surface area contributed by atoms with Crippen molar-refractivity contribution in [1.29, 1.82) is 0 Å². The van der Waals surface area contributed by atoms with Crippen molar-refractivity contribution < 1.29 is 18.0 Å². The van der Waals surface area contributed by atoms with Crippen LogP contribution in [0.4, 0.5) is 18.9 Å². The molecule has 0 fully saturated rings. The molecule has 0 aliphatic carbocycles. The van der Waals surface area contributed by atoms with Crippen LogP contribution in [-0.2, 0) is 24.1 Å². The lowest BCUT2D eigenvalue weighted by Crippen LogP contribution is -2.25. The lowest BCUT2D eigenvalue weighted by molar-refractivity contribution is -0.137. The molecule has 2 aromatic heterocycles. The zero-order chi connectivity index (χ0) is 22.1. The summed E-state index contributed by atoms with van der Waals surface area (Å²) >= 11 is 0.988. The van der Waals surface area contributed by atoms with Crippen LogP contribution in [0.3, 0.4) is 0 Å². The van der Waals surface area contributed by atoms with E-state index in [1.807, 2.05) is 6.92 Å². The number of fused-ring (bicyclic) bond motifs is 1. The summed E-state index contributed by atoms with van der Waals surface area (Å²) in [4.78, 5) is 29.7. The maximum Gasteiger partial charge on any atom is 0.418 e. The number of hydrogen-bond acceptors (Lipinski definition) is 5. The minimum absolute atomic E-state index is 0.203. The first-order chi connectivity index (χ1) is 14.2. The molecule has 0 aliphatic heterocycles. The predicted octanol–water partition coefficient (Wildman–Crippen LogP) is 3.69. The quantitative estimate of drug-likeness (QED) is 0.468. The van der Waals surface area contributed by atoms with E-state index in [-0.39, 0.29) is 17.0 Å². The standard InChI is InChI=1S/C19H20F3N5O2S/c1-4-26-17(29)16-15(11(3)25-27(16)5-2)24-18(26)30-10-14(28)23-13-9-7-6-8-12(13)19(20,21)22/h6-9H,4-5,10H2,1-3H3,(H,23,28). The van der Waals surface area contributed by atoms with Gasteiger partial charge in [-0.25, -0.2) is 4.98 Å². The van der Waals surface area contributed by atoms with Crippen molar-refractivity contribution in [2.24, 2.45) is 0 Å². The highest BCUT2D eigenvalue weighted by Crippen LogP contribution is 2.34. The fourth-order valence-corrected chi connectivity index (χ4v) is 3.92. The van der Waals surface area contributed by atoms with Gasteiger partial charge < -0.3 is 5.32 Å². The van der Waals surface area contributed by atoms with Crippen molar-refractivity contribution in [3.05, 3.63) is 45.9 Å². The van der Waals surface area contributed by atoms with E-state index in [1.54, 1.807) is 18.5 Å². The molecular weight excluding hydrogens is 419 g/mol.